The first-order valence-electron chi connectivity index (χ1n) is 7.88. The van der Waals surface area contributed by atoms with Crippen LogP contribution in [-0.2, 0) is 0 Å². The molecule has 1 amide bonds. The van der Waals surface area contributed by atoms with Gasteiger partial charge in [-0.05, 0) is 54.6 Å². The molecule has 0 unspecified atom stereocenters. The van der Waals surface area contributed by atoms with E-state index in [1.54, 1.807) is 11.3 Å². The van der Waals surface area contributed by atoms with Crippen LogP contribution in [0, 0.1) is 0 Å². The molecule has 5 heteroatoms. The predicted molar refractivity (Wildman–Crippen MR) is 99.4 cm³/mol. The first kappa shape index (κ1) is 15.0. The van der Waals surface area contributed by atoms with Crippen molar-refractivity contribution in [1.82, 2.24) is 4.57 Å². The van der Waals surface area contributed by atoms with Gasteiger partial charge in [0.15, 0.2) is 0 Å². The zero-order valence-electron chi connectivity index (χ0n) is 12.6. The summed E-state index contributed by atoms with van der Waals surface area (Å²) in [7, 11) is 0. The summed E-state index contributed by atoms with van der Waals surface area (Å²) >= 11 is 5.12. The number of carbonyl (C=O) groups is 1. The molecule has 1 aliphatic rings. The van der Waals surface area contributed by atoms with Crippen LogP contribution in [0.1, 0.15) is 42.2 Å². The molecule has 1 aliphatic carbocycles. The van der Waals surface area contributed by atoms with E-state index in [0.717, 1.165) is 28.7 Å². The molecule has 0 bridgehead atoms. The van der Waals surface area contributed by atoms with Crippen molar-refractivity contribution in [3.63, 3.8) is 0 Å². The van der Waals surface area contributed by atoms with E-state index in [9.17, 15) is 4.79 Å². The van der Waals surface area contributed by atoms with Crippen LogP contribution in [0.5, 0.6) is 0 Å². The molecule has 1 fully saturated rings. The van der Waals surface area contributed by atoms with Crippen molar-refractivity contribution < 1.29 is 4.79 Å². The zero-order valence-corrected chi connectivity index (χ0v) is 15.0. The summed E-state index contributed by atoms with van der Waals surface area (Å²) in [4.78, 5) is 12.8. The third kappa shape index (κ3) is 2.83. The van der Waals surface area contributed by atoms with Crippen molar-refractivity contribution in [2.45, 2.75) is 31.7 Å². The Morgan fingerprint density at radius 2 is 1.91 bits per heavy atom. The Hall–Kier alpha value is -1.59. The number of thiophene rings is 1. The zero-order chi connectivity index (χ0) is 15.8. The second-order valence-corrected chi connectivity index (χ2v) is 7.83. The molecule has 2 heterocycles. The van der Waals surface area contributed by atoms with E-state index in [-0.39, 0.29) is 5.91 Å². The maximum atomic E-state index is 12.8. The lowest BCUT2D eigenvalue weighted by Gasteiger charge is -2.17. The molecule has 0 radical (unpaired) electrons. The Bertz CT molecular complexity index is 844. The number of benzene rings is 1. The lowest BCUT2D eigenvalue weighted by molar-refractivity contribution is 0.101. The van der Waals surface area contributed by atoms with Crippen molar-refractivity contribution in [3.05, 3.63) is 51.9 Å². The fraction of sp³-hybridized carbons (Fsp3) is 0.278. The molecule has 23 heavy (non-hydrogen) atoms. The third-order valence-corrected chi connectivity index (χ3v) is 5.87. The van der Waals surface area contributed by atoms with Crippen LogP contribution in [0.2, 0.25) is 0 Å². The molecule has 3 nitrogen and oxygen atoms in total. The number of fused-ring (bicyclic) bond motifs is 1. The first-order chi connectivity index (χ1) is 11.2. The minimum Gasteiger partial charge on any atom is -0.333 e. The average molecular weight is 389 g/mol. The number of hydrogen-bond donors (Lipinski definition) is 1. The number of nitrogens with one attached hydrogen (secondary N) is 1. The molecule has 0 aliphatic heterocycles. The van der Waals surface area contributed by atoms with Crippen molar-refractivity contribution in [3.8, 4) is 0 Å². The summed E-state index contributed by atoms with van der Waals surface area (Å²) < 4.78 is 4.45. The van der Waals surface area contributed by atoms with E-state index in [1.165, 1.54) is 23.1 Å². The highest BCUT2D eigenvalue weighted by molar-refractivity contribution is 9.10. The first-order valence-corrected chi connectivity index (χ1v) is 9.55. The molecular formula is C18H17BrN2OS. The predicted octanol–water partition coefficient (Wildman–Crippen LogP) is 5.83. The van der Waals surface area contributed by atoms with Gasteiger partial charge < -0.3 is 9.88 Å². The number of nitrogens with zero attached hydrogens (tertiary/aromatic N) is 1. The largest absolute Gasteiger partial charge is 0.333 e. The number of carbonyl (C=O) groups excluding carboxylic acids is 1. The lowest BCUT2D eigenvalue weighted by atomic mass is 10.2. The minimum absolute atomic E-state index is 0.0253. The Morgan fingerprint density at radius 1 is 1.17 bits per heavy atom. The van der Waals surface area contributed by atoms with Crippen LogP contribution in [0.3, 0.4) is 0 Å². The lowest BCUT2D eigenvalue weighted by Crippen LogP contribution is -2.19. The smallest absolute Gasteiger partial charge is 0.272 e. The molecule has 1 N–H and O–H groups in total. The van der Waals surface area contributed by atoms with Gasteiger partial charge in [0.1, 0.15) is 5.69 Å². The number of halogens is 1. The molecule has 0 saturated heterocycles. The molecule has 1 aromatic carbocycles. The fourth-order valence-corrected chi connectivity index (χ4v) is 4.48. The Kier molecular flexibility index (Phi) is 3.99. The Labute approximate surface area is 147 Å². The van der Waals surface area contributed by atoms with E-state index in [0.29, 0.717) is 6.04 Å². The van der Waals surface area contributed by atoms with Crippen LogP contribution in [0.4, 0.5) is 5.69 Å². The van der Waals surface area contributed by atoms with E-state index in [4.69, 9.17) is 0 Å². The second kappa shape index (κ2) is 6.13. The topological polar surface area (TPSA) is 34.0 Å². The number of rotatable bonds is 3. The summed E-state index contributed by atoms with van der Waals surface area (Å²) in [6.07, 6.45) is 4.83. The van der Waals surface area contributed by atoms with E-state index in [1.807, 2.05) is 30.3 Å². The van der Waals surface area contributed by atoms with E-state index in [2.05, 4.69) is 37.3 Å². The number of amides is 1. The number of aromatic nitrogens is 1. The van der Waals surface area contributed by atoms with Crippen LogP contribution in [-0.4, -0.2) is 10.5 Å². The van der Waals surface area contributed by atoms with Gasteiger partial charge in [-0.1, -0.05) is 28.8 Å². The monoisotopic (exact) mass is 388 g/mol. The van der Waals surface area contributed by atoms with Crippen molar-refractivity contribution in [2.24, 2.45) is 0 Å². The molecule has 0 atom stereocenters. The quantitative estimate of drug-likeness (QED) is 0.601. The maximum absolute atomic E-state index is 12.8. The van der Waals surface area contributed by atoms with Gasteiger partial charge in [-0.25, -0.2) is 0 Å². The molecule has 4 rings (SSSR count). The highest BCUT2D eigenvalue weighted by Crippen LogP contribution is 2.36. The normalized spacial score (nSPS) is 15.3. The van der Waals surface area contributed by atoms with Gasteiger partial charge in [0, 0.05) is 16.2 Å². The Morgan fingerprint density at radius 3 is 2.65 bits per heavy atom. The second-order valence-electron chi connectivity index (χ2n) is 5.97. The van der Waals surface area contributed by atoms with Gasteiger partial charge in [-0.15, -0.1) is 11.3 Å². The van der Waals surface area contributed by atoms with E-state index >= 15 is 0 Å². The molecular weight excluding hydrogens is 372 g/mol. The summed E-state index contributed by atoms with van der Waals surface area (Å²) in [6, 6.07) is 12.3. The van der Waals surface area contributed by atoms with Gasteiger partial charge in [0.05, 0.1) is 10.2 Å². The fourth-order valence-electron chi connectivity index (χ4n) is 3.40. The van der Waals surface area contributed by atoms with Crippen LogP contribution >= 0.6 is 27.3 Å². The molecule has 118 valence electrons. The summed E-state index contributed by atoms with van der Waals surface area (Å²) in [6.45, 7) is 0. The highest BCUT2D eigenvalue weighted by Gasteiger charge is 2.25. The summed E-state index contributed by atoms with van der Waals surface area (Å²) in [5, 5.41) is 5.13. The van der Waals surface area contributed by atoms with Crippen molar-refractivity contribution >= 4 is 49.1 Å². The van der Waals surface area contributed by atoms with Gasteiger partial charge in [0.25, 0.3) is 5.91 Å². The molecule has 0 spiro atoms. The number of anilines is 1. The van der Waals surface area contributed by atoms with Gasteiger partial charge in [0.2, 0.25) is 0 Å². The summed E-state index contributed by atoms with van der Waals surface area (Å²) in [5.41, 5.74) is 2.80. The Balaban J connectivity index is 1.69. The average Bonchev–Trinajstić information content (AvgIpc) is 3.24. The summed E-state index contributed by atoms with van der Waals surface area (Å²) in [5.74, 6) is -0.0253. The molecule has 1 saturated carbocycles. The van der Waals surface area contributed by atoms with Crippen LogP contribution < -0.4 is 5.32 Å². The van der Waals surface area contributed by atoms with E-state index < -0.39 is 0 Å². The van der Waals surface area contributed by atoms with Crippen LogP contribution in [0.25, 0.3) is 10.2 Å². The third-order valence-electron chi connectivity index (χ3n) is 4.48. The maximum Gasteiger partial charge on any atom is 0.272 e. The SMILES string of the molecule is O=C(Nc1ccc(Br)cc1)c1cc2sccc2n1C1CCCC1. The van der Waals surface area contributed by atoms with Gasteiger partial charge >= 0.3 is 0 Å². The number of hydrogen-bond acceptors (Lipinski definition) is 2. The van der Waals surface area contributed by atoms with Crippen molar-refractivity contribution in [2.75, 3.05) is 5.32 Å². The van der Waals surface area contributed by atoms with Crippen molar-refractivity contribution in [1.29, 1.82) is 0 Å². The van der Waals surface area contributed by atoms with Crippen LogP contribution in [0.15, 0.2) is 46.3 Å². The van der Waals surface area contributed by atoms with Gasteiger partial charge in [-0.3, -0.25) is 4.79 Å². The molecule has 2 aromatic heterocycles. The molecule has 3 aromatic rings. The standard InChI is InChI=1S/C18H17BrN2OS/c19-12-5-7-13(8-6-12)20-18(22)16-11-17-15(9-10-23-17)21(16)14-3-1-2-4-14/h5-11,14H,1-4H2,(H,20,22). The highest BCUT2D eigenvalue weighted by atomic mass is 79.9. The van der Waals surface area contributed by atoms with Gasteiger partial charge in [-0.2, -0.15) is 0 Å². The minimum atomic E-state index is -0.0253.